The van der Waals surface area contributed by atoms with Gasteiger partial charge >= 0.3 is 0 Å². The maximum absolute atomic E-state index is 10.7. The lowest BCUT2D eigenvalue weighted by molar-refractivity contribution is -0.0604. The topological polar surface area (TPSA) is 26.7 Å². The summed E-state index contributed by atoms with van der Waals surface area (Å²) in [6, 6.07) is 0. The first-order chi connectivity index (χ1) is 8.12. The Morgan fingerprint density at radius 3 is 2.59 bits per heavy atom. The minimum Gasteiger partial charge on any atom is -0.385 e. The number of hydrogen-bond donors (Lipinski definition) is 1. The van der Waals surface area contributed by atoms with Gasteiger partial charge in [0.15, 0.2) is 0 Å². The van der Waals surface area contributed by atoms with Gasteiger partial charge in [-0.1, -0.05) is 30.4 Å². The molecule has 3 nitrogen and oxygen atoms in total. The number of hydrazine groups is 1. The molecule has 0 atom stereocenters. The summed E-state index contributed by atoms with van der Waals surface area (Å²) in [7, 11) is 4.11. The van der Waals surface area contributed by atoms with E-state index in [1.54, 1.807) is 0 Å². The smallest absolute Gasteiger partial charge is 0.0921 e. The molecular weight excluding hydrogens is 212 g/mol. The number of hydrogen-bond acceptors (Lipinski definition) is 3. The van der Waals surface area contributed by atoms with E-state index < -0.39 is 5.60 Å². The van der Waals surface area contributed by atoms with Crippen LogP contribution in [0.3, 0.4) is 0 Å². The standard InChI is InChI=1S/C14H22N2O/c1-15(2)16-11-9-14(17,10-12-16)13-7-5-3-4-6-8-13/h3,5-8,17H,4,9-12H2,1-2H3. The van der Waals surface area contributed by atoms with Gasteiger partial charge in [-0.05, 0) is 24.8 Å². The Morgan fingerprint density at radius 2 is 1.94 bits per heavy atom. The molecule has 0 aromatic heterocycles. The molecule has 1 N–H and O–H groups in total. The molecule has 0 radical (unpaired) electrons. The van der Waals surface area contributed by atoms with Crippen LogP contribution in [0.25, 0.3) is 0 Å². The number of piperidine rings is 1. The average Bonchev–Trinajstić information content (AvgIpc) is 2.58. The Balaban J connectivity index is 2.06. The highest BCUT2D eigenvalue weighted by atomic mass is 16.3. The molecule has 0 spiro atoms. The van der Waals surface area contributed by atoms with Gasteiger partial charge in [-0.2, -0.15) is 0 Å². The van der Waals surface area contributed by atoms with E-state index in [0.717, 1.165) is 37.9 Å². The molecule has 0 bridgehead atoms. The van der Waals surface area contributed by atoms with E-state index in [1.165, 1.54) is 0 Å². The van der Waals surface area contributed by atoms with Crippen LogP contribution in [0.1, 0.15) is 19.3 Å². The largest absolute Gasteiger partial charge is 0.385 e. The van der Waals surface area contributed by atoms with Crippen LogP contribution in [-0.4, -0.2) is 47.9 Å². The Bertz CT molecular complexity index is 347. The van der Waals surface area contributed by atoms with Crippen molar-refractivity contribution in [2.45, 2.75) is 24.9 Å². The van der Waals surface area contributed by atoms with E-state index >= 15 is 0 Å². The van der Waals surface area contributed by atoms with Crippen LogP contribution in [0.15, 0.2) is 36.0 Å². The fraction of sp³-hybridized carbons (Fsp3) is 0.571. The van der Waals surface area contributed by atoms with Crippen LogP contribution < -0.4 is 0 Å². The first-order valence-electron chi connectivity index (χ1n) is 6.30. The first-order valence-corrected chi connectivity index (χ1v) is 6.30. The highest BCUT2D eigenvalue weighted by Crippen LogP contribution is 2.31. The highest BCUT2D eigenvalue weighted by Gasteiger charge is 2.35. The molecule has 2 aliphatic rings. The summed E-state index contributed by atoms with van der Waals surface area (Å²) in [5.74, 6) is 0. The molecule has 1 fully saturated rings. The summed E-state index contributed by atoms with van der Waals surface area (Å²) in [6.07, 6.45) is 13.0. The second-order valence-corrected chi connectivity index (χ2v) is 5.02. The Morgan fingerprint density at radius 1 is 1.24 bits per heavy atom. The third-order valence-electron chi connectivity index (χ3n) is 3.65. The lowest BCUT2D eigenvalue weighted by Gasteiger charge is -2.41. The van der Waals surface area contributed by atoms with Crippen molar-refractivity contribution in [1.29, 1.82) is 0 Å². The van der Waals surface area contributed by atoms with Gasteiger partial charge in [0, 0.05) is 27.2 Å². The monoisotopic (exact) mass is 234 g/mol. The van der Waals surface area contributed by atoms with Crippen molar-refractivity contribution in [2.75, 3.05) is 27.2 Å². The zero-order chi connectivity index (χ0) is 12.3. The van der Waals surface area contributed by atoms with E-state index in [2.05, 4.69) is 48.4 Å². The first kappa shape index (κ1) is 12.6. The zero-order valence-electron chi connectivity index (χ0n) is 10.8. The van der Waals surface area contributed by atoms with Gasteiger partial charge in [-0.25, -0.2) is 10.0 Å². The summed E-state index contributed by atoms with van der Waals surface area (Å²) in [6.45, 7) is 1.83. The average molecular weight is 234 g/mol. The summed E-state index contributed by atoms with van der Waals surface area (Å²) >= 11 is 0. The van der Waals surface area contributed by atoms with Crippen molar-refractivity contribution < 1.29 is 5.11 Å². The van der Waals surface area contributed by atoms with Crippen LogP contribution in [0.5, 0.6) is 0 Å². The van der Waals surface area contributed by atoms with Gasteiger partial charge in [0.2, 0.25) is 0 Å². The van der Waals surface area contributed by atoms with Gasteiger partial charge in [0.25, 0.3) is 0 Å². The van der Waals surface area contributed by atoms with E-state index in [0.29, 0.717) is 0 Å². The molecule has 0 unspecified atom stereocenters. The molecule has 0 amide bonds. The third-order valence-corrected chi connectivity index (χ3v) is 3.65. The predicted molar refractivity (Wildman–Crippen MR) is 70.4 cm³/mol. The summed E-state index contributed by atoms with van der Waals surface area (Å²) in [5.41, 5.74) is 0.419. The quantitative estimate of drug-likeness (QED) is 0.788. The maximum Gasteiger partial charge on any atom is 0.0921 e. The van der Waals surface area contributed by atoms with Crippen LogP contribution in [0.4, 0.5) is 0 Å². The maximum atomic E-state index is 10.7. The highest BCUT2D eigenvalue weighted by molar-refractivity contribution is 5.35. The van der Waals surface area contributed by atoms with Crippen LogP contribution in [-0.2, 0) is 0 Å². The second kappa shape index (κ2) is 5.17. The van der Waals surface area contributed by atoms with Crippen molar-refractivity contribution in [1.82, 2.24) is 10.0 Å². The molecule has 1 heterocycles. The SMILES string of the molecule is CN(C)N1CCC(O)(C2=CC=CCC=C2)CC1. The van der Waals surface area contributed by atoms with Gasteiger partial charge in [0.1, 0.15) is 0 Å². The van der Waals surface area contributed by atoms with E-state index in [-0.39, 0.29) is 0 Å². The number of rotatable bonds is 2. The zero-order valence-corrected chi connectivity index (χ0v) is 10.8. The Hall–Kier alpha value is -0.900. The molecule has 0 aromatic carbocycles. The molecule has 0 saturated carbocycles. The third kappa shape index (κ3) is 2.86. The van der Waals surface area contributed by atoms with E-state index in [4.69, 9.17) is 0 Å². The molecule has 0 aromatic rings. The molecule has 3 heteroatoms. The van der Waals surface area contributed by atoms with Gasteiger partial charge in [-0.3, -0.25) is 0 Å². The Labute approximate surface area is 104 Å². The second-order valence-electron chi connectivity index (χ2n) is 5.02. The number of aliphatic hydroxyl groups is 1. The molecule has 17 heavy (non-hydrogen) atoms. The lowest BCUT2D eigenvalue weighted by Crippen LogP contribution is -2.49. The summed E-state index contributed by atoms with van der Waals surface area (Å²) in [5, 5.41) is 15.1. The van der Waals surface area contributed by atoms with Crippen molar-refractivity contribution in [2.24, 2.45) is 0 Å². The Kier molecular flexibility index (Phi) is 3.82. The van der Waals surface area contributed by atoms with Crippen LogP contribution in [0.2, 0.25) is 0 Å². The van der Waals surface area contributed by atoms with Gasteiger partial charge in [-0.15, -0.1) is 0 Å². The van der Waals surface area contributed by atoms with Crippen molar-refractivity contribution in [3.8, 4) is 0 Å². The van der Waals surface area contributed by atoms with Gasteiger partial charge < -0.3 is 5.11 Å². The molecule has 1 aliphatic carbocycles. The van der Waals surface area contributed by atoms with Crippen LogP contribution in [0, 0.1) is 0 Å². The van der Waals surface area contributed by atoms with Crippen molar-refractivity contribution >= 4 is 0 Å². The number of nitrogens with zero attached hydrogens (tertiary/aromatic N) is 2. The minimum atomic E-state index is -0.641. The lowest BCUT2D eigenvalue weighted by atomic mass is 9.84. The predicted octanol–water partition coefficient (Wildman–Crippen LogP) is 1.73. The molecule has 1 aliphatic heterocycles. The van der Waals surface area contributed by atoms with Crippen molar-refractivity contribution in [3.63, 3.8) is 0 Å². The van der Waals surface area contributed by atoms with E-state index in [1.807, 2.05) is 6.08 Å². The fourth-order valence-electron chi connectivity index (χ4n) is 2.44. The summed E-state index contributed by atoms with van der Waals surface area (Å²) in [4.78, 5) is 0. The van der Waals surface area contributed by atoms with Crippen LogP contribution >= 0.6 is 0 Å². The van der Waals surface area contributed by atoms with Crippen molar-refractivity contribution in [3.05, 3.63) is 36.0 Å². The molecule has 1 saturated heterocycles. The molecule has 2 rings (SSSR count). The van der Waals surface area contributed by atoms with E-state index in [9.17, 15) is 5.11 Å². The summed E-state index contributed by atoms with van der Waals surface area (Å²) < 4.78 is 0. The normalized spacial score (nSPS) is 24.8. The minimum absolute atomic E-state index is 0.641. The molecule has 94 valence electrons. The fourth-order valence-corrected chi connectivity index (χ4v) is 2.44. The van der Waals surface area contributed by atoms with Gasteiger partial charge in [0.05, 0.1) is 5.60 Å². The molecular formula is C14H22N2O. The number of allylic oxidation sites excluding steroid dienone is 4.